The maximum Gasteiger partial charge on any atom is 0.251 e. The summed E-state index contributed by atoms with van der Waals surface area (Å²) < 4.78 is 37.3. The van der Waals surface area contributed by atoms with Crippen molar-refractivity contribution in [1.82, 2.24) is 0 Å². The molecule has 6 rings (SSSR count). The van der Waals surface area contributed by atoms with Gasteiger partial charge in [0.1, 0.15) is 18.1 Å². The molecular formula is C28H35F2N4O3SW-. The van der Waals surface area contributed by atoms with Crippen molar-refractivity contribution in [1.29, 1.82) is 0 Å². The normalized spacial score (nSPS) is 22.2. The first-order chi connectivity index (χ1) is 18.3. The van der Waals surface area contributed by atoms with E-state index in [1.807, 2.05) is 36.1 Å². The third-order valence-electron chi connectivity index (χ3n) is 8.38. The number of fused-ring (bicyclic) bond motifs is 3. The zero-order chi connectivity index (χ0) is 26.3. The Kier molecular flexibility index (Phi) is 8.46. The van der Waals surface area contributed by atoms with Gasteiger partial charge in [-0.15, -0.1) is 5.69 Å². The van der Waals surface area contributed by atoms with Crippen molar-refractivity contribution in [2.75, 3.05) is 53.1 Å². The van der Waals surface area contributed by atoms with Gasteiger partial charge in [0.25, 0.3) is 5.92 Å². The second kappa shape index (κ2) is 11.5. The van der Waals surface area contributed by atoms with Crippen LogP contribution in [0.1, 0.15) is 44.1 Å². The number of anilines is 3. The van der Waals surface area contributed by atoms with Gasteiger partial charge >= 0.3 is 0 Å². The minimum absolute atomic E-state index is 0. The summed E-state index contributed by atoms with van der Waals surface area (Å²) in [7, 11) is 0. The van der Waals surface area contributed by atoms with Gasteiger partial charge in [-0.1, -0.05) is 18.0 Å². The van der Waals surface area contributed by atoms with E-state index in [2.05, 4.69) is 21.2 Å². The van der Waals surface area contributed by atoms with Crippen molar-refractivity contribution in [2.45, 2.75) is 57.4 Å². The standard InChI is InChI=1S/C28H35F2N4O3S.W/c1-19-14-21(16-24-26(19)36-18-22-17-28(29,30)8-11-34(22)24)31-37-25-3-2-20(32-38-13-12-35)15-23(25)33-9-6-27(4-5-27)7-10-33;/h2-3,14-16,22,32,35H,4-13,17-18H2,1H3;/q-1;. The average Bonchev–Trinajstić information content (AvgIpc) is 3.66. The molecule has 3 heterocycles. The largest absolute Gasteiger partial charge is 0.555 e. The Morgan fingerprint density at radius 1 is 1.10 bits per heavy atom. The van der Waals surface area contributed by atoms with Crippen molar-refractivity contribution >= 4 is 34.7 Å². The van der Waals surface area contributed by atoms with E-state index in [9.17, 15) is 8.78 Å². The number of alkyl halides is 2. The predicted molar refractivity (Wildman–Crippen MR) is 148 cm³/mol. The summed E-state index contributed by atoms with van der Waals surface area (Å²) in [6, 6.07) is 9.43. The van der Waals surface area contributed by atoms with Crippen molar-refractivity contribution in [2.24, 2.45) is 5.41 Å². The number of nitrogens with zero attached hydrogens (tertiary/aromatic N) is 3. The molecule has 3 aliphatic heterocycles. The van der Waals surface area contributed by atoms with Gasteiger partial charge in [-0.2, -0.15) is 0 Å². The average molecular weight is 730 g/mol. The minimum Gasteiger partial charge on any atom is -0.555 e. The van der Waals surface area contributed by atoms with E-state index in [1.54, 1.807) is 0 Å². The van der Waals surface area contributed by atoms with Gasteiger partial charge in [-0.05, 0) is 67.9 Å². The van der Waals surface area contributed by atoms with Crippen molar-refractivity contribution in [3.63, 3.8) is 0 Å². The van der Waals surface area contributed by atoms with Crippen molar-refractivity contribution in [3.05, 3.63) is 41.4 Å². The fourth-order valence-corrected chi connectivity index (χ4v) is 6.43. The number of hydrogen-bond donors (Lipinski definition) is 2. The molecule has 0 amide bonds. The van der Waals surface area contributed by atoms with E-state index in [0.29, 0.717) is 29.1 Å². The Balaban J connectivity index is 0.00000308. The van der Waals surface area contributed by atoms with Crippen LogP contribution in [0.5, 0.6) is 11.5 Å². The SMILES string of the molecule is Cc1cc([N-]Oc2ccc(NSCCO)cc2N2CCC3(CC2)CC3)cc2c1OCC1CC(F)(F)CCN21.[W]. The molecule has 2 aromatic rings. The fourth-order valence-electron chi connectivity index (χ4n) is 5.95. The first-order valence-corrected chi connectivity index (χ1v) is 14.5. The van der Waals surface area contributed by atoms with Crippen LogP contribution < -0.4 is 24.1 Å². The molecule has 1 unspecified atom stereocenters. The number of aryl methyl sites for hydroxylation is 1. The second-order valence-corrected chi connectivity index (χ2v) is 12.0. The fraction of sp³-hybridized carbons (Fsp3) is 0.571. The van der Waals surface area contributed by atoms with Crippen LogP contribution in [0, 0.1) is 12.3 Å². The predicted octanol–water partition coefficient (Wildman–Crippen LogP) is 6.42. The number of aliphatic hydroxyl groups excluding tert-OH is 1. The van der Waals surface area contributed by atoms with Crippen LogP contribution >= 0.6 is 11.9 Å². The molecule has 0 radical (unpaired) electrons. The molecule has 4 aliphatic rings. The van der Waals surface area contributed by atoms with Crippen molar-refractivity contribution in [3.8, 4) is 11.5 Å². The number of benzene rings is 2. The maximum absolute atomic E-state index is 14.0. The molecule has 3 fully saturated rings. The van der Waals surface area contributed by atoms with Crippen LogP contribution in [0.4, 0.5) is 31.5 Å². The third-order valence-corrected chi connectivity index (χ3v) is 9.14. The van der Waals surface area contributed by atoms with Crippen LogP contribution in [-0.2, 0) is 21.1 Å². The van der Waals surface area contributed by atoms with Gasteiger partial charge < -0.3 is 34.7 Å². The summed E-state index contributed by atoms with van der Waals surface area (Å²) >= 11 is 1.46. The van der Waals surface area contributed by atoms with Gasteiger partial charge in [-0.25, -0.2) is 8.78 Å². The minimum atomic E-state index is -2.65. The Hall–Kier alpha value is -1.90. The molecule has 39 heavy (non-hydrogen) atoms. The van der Waals surface area contributed by atoms with Gasteiger partial charge in [0.2, 0.25) is 0 Å². The number of piperidine rings is 2. The molecule has 1 saturated carbocycles. The summed E-state index contributed by atoms with van der Waals surface area (Å²) in [5.41, 5.74) is 9.36. The van der Waals surface area contributed by atoms with E-state index in [4.69, 9.17) is 14.7 Å². The quantitative estimate of drug-likeness (QED) is 0.185. The van der Waals surface area contributed by atoms with E-state index in [0.717, 1.165) is 41.5 Å². The smallest absolute Gasteiger partial charge is 0.251 e. The first kappa shape index (κ1) is 28.6. The number of aliphatic hydroxyl groups is 1. The monoisotopic (exact) mass is 729 g/mol. The van der Waals surface area contributed by atoms with Gasteiger partial charge in [0.05, 0.1) is 24.0 Å². The summed E-state index contributed by atoms with van der Waals surface area (Å²) in [5, 5.41) is 9.11. The van der Waals surface area contributed by atoms with Crippen LogP contribution in [-0.4, -0.2) is 55.7 Å². The van der Waals surface area contributed by atoms with E-state index >= 15 is 0 Å². The molecule has 11 heteroatoms. The van der Waals surface area contributed by atoms with Crippen LogP contribution in [0.15, 0.2) is 30.3 Å². The summed E-state index contributed by atoms with van der Waals surface area (Å²) in [4.78, 5) is 10.5. The number of nitrogens with one attached hydrogen (secondary N) is 1. The molecule has 2 N–H and O–H groups in total. The Bertz CT molecular complexity index is 1180. The Morgan fingerprint density at radius 3 is 2.64 bits per heavy atom. The van der Waals surface area contributed by atoms with E-state index < -0.39 is 5.92 Å². The van der Waals surface area contributed by atoms with Gasteiger partial charge in [0.15, 0.2) is 0 Å². The number of ether oxygens (including phenoxy) is 1. The van der Waals surface area contributed by atoms with E-state index in [1.165, 1.54) is 37.6 Å². The summed E-state index contributed by atoms with van der Waals surface area (Å²) in [6.07, 6.45) is 4.73. The summed E-state index contributed by atoms with van der Waals surface area (Å²) in [6.45, 7) is 4.60. The van der Waals surface area contributed by atoms with Crippen LogP contribution in [0.2, 0.25) is 0 Å². The number of hydrogen-bond acceptors (Lipinski definition) is 7. The van der Waals surface area contributed by atoms with Gasteiger partial charge in [-0.3, -0.25) is 0 Å². The second-order valence-electron chi connectivity index (χ2n) is 11.1. The van der Waals surface area contributed by atoms with Gasteiger partial charge in [0, 0.05) is 65.0 Å². The third kappa shape index (κ3) is 6.23. The zero-order valence-corrected chi connectivity index (χ0v) is 25.9. The zero-order valence-electron chi connectivity index (χ0n) is 22.1. The molecule has 7 nitrogen and oxygen atoms in total. The van der Waals surface area contributed by atoms with Crippen LogP contribution in [0.25, 0.3) is 5.48 Å². The molecular weight excluding hydrogens is 694 g/mol. The molecule has 0 bridgehead atoms. The Labute approximate surface area is 247 Å². The number of halogens is 2. The Morgan fingerprint density at radius 2 is 1.90 bits per heavy atom. The molecule has 1 aliphatic carbocycles. The molecule has 1 atom stereocenters. The first-order valence-electron chi connectivity index (χ1n) is 13.5. The topological polar surface area (TPSA) is 71.3 Å². The van der Waals surface area contributed by atoms with E-state index in [-0.39, 0.29) is 53.2 Å². The molecule has 0 aromatic heterocycles. The molecule has 212 valence electrons. The summed E-state index contributed by atoms with van der Waals surface area (Å²) in [5.74, 6) is -0.628. The maximum atomic E-state index is 14.0. The number of rotatable bonds is 8. The molecule has 1 spiro atoms. The molecule has 2 saturated heterocycles. The molecule has 2 aromatic carbocycles. The van der Waals surface area contributed by atoms with Crippen LogP contribution in [0.3, 0.4) is 0 Å². The van der Waals surface area contributed by atoms with Crippen molar-refractivity contribution < 1.29 is 44.5 Å².